The normalized spacial score (nSPS) is 17.6. The number of pyridine rings is 2. The average Bonchev–Trinajstić information content (AvgIpc) is 3.56. The van der Waals surface area contributed by atoms with Gasteiger partial charge >= 0.3 is 18.0 Å². The SMILES string of the molecule is COC[C@@](C)(/C=C/c1ccc2ccc([C@@H](C)O)nc2c1)C(=O)O.COC[C@@](C)(/C=C/c1ccc2ccc([C@@H](C)OC(C)=O)nc2c1)C(=O)N1C(=O)OC[C@H]1C(C)C. The van der Waals surface area contributed by atoms with Crippen molar-refractivity contribution in [2.24, 2.45) is 16.7 Å². The maximum Gasteiger partial charge on any atom is 0.417 e. The number of hydrogen-bond acceptors (Lipinski definition) is 11. The zero-order chi connectivity index (χ0) is 42.1. The highest BCUT2D eigenvalue weighted by molar-refractivity contribution is 5.98. The van der Waals surface area contributed by atoms with Crippen molar-refractivity contribution >= 4 is 57.9 Å². The molecule has 1 fully saturated rings. The number of ether oxygens (including phenoxy) is 4. The molecule has 2 amide bonds. The van der Waals surface area contributed by atoms with Crippen molar-refractivity contribution in [2.45, 2.75) is 66.7 Å². The molecule has 0 aliphatic carbocycles. The lowest BCUT2D eigenvalue weighted by Gasteiger charge is -2.31. The average molecular weight is 784 g/mol. The zero-order valence-corrected chi connectivity index (χ0v) is 34.0. The van der Waals surface area contributed by atoms with Crippen LogP contribution in [-0.2, 0) is 33.3 Å². The lowest BCUT2D eigenvalue weighted by Crippen LogP contribution is -2.49. The molecule has 0 spiro atoms. The van der Waals surface area contributed by atoms with Crippen LogP contribution in [-0.4, -0.2) is 89.1 Å². The summed E-state index contributed by atoms with van der Waals surface area (Å²) in [5, 5.41) is 20.9. The molecule has 1 aliphatic heterocycles. The molecule has 0 unspecified atom stereocenters. The number of benzene rings is 2. The van der Waals surface area contributed by atoms with Crippen molar-refractivity contribution in [3.05, 3.63) is 95.3 Å². The molecule has 3 heterocycles. The van der Waals surface area contributed by atoms with Gasteiger partial charge in [-0.15, -0.1) is 0 Å². The summed E-state index contributed by atoms with van der Waals surface area (Å²) in [7, 11) is 3.00. The molecule has 304 valence electrons. The van der Waals surface area contributed by atoms with Gasteiger partial charge in [0.15, 0.2) is 0 Å². The third-order valence-electron chi connectivity index (χ3n) is 9.71. The Balaban J connectivity index is 0.000000273. The van der Waals surface area contributed by atoms with Crippen molar-refractivity contribution < 1.29 is 48.3 Å². The molecule has 1 aliphatic rings. The second-order valence-electron chi connectivity index (χ2n) is 15.0. The van der Waals surface area contributed by atoms with Crippen LogP contribution < -0.4 is 0 Å². The molecular formula is C44H53N3O10. The predicted molar refractivity (Wildman–Crippen MR) is 217 cm³/mol. The van der Waals surface area contributed by atoms with E-state index in [0.717, 1.165) is 32.9 Å². The molecule has 2 aromatic heterocycles. The molecular weight excluding hydrogens is 730 g/mol. The van der Waals surface area contributed by atoms with Crippen LogP contribution >= 0.6 is 0 Å². The first-order valence-electron chi connectivity index (χ1n) is 18.7. The highest BCUT2D eigenvalue weighted by Gasteiger charge is 2.46. The van der Waals surface area contributed by atoms with Gasteiger partial charge in [-0.25, -0.2) is 14.7 Å². The minimum absolute atomic E-state index is 0.0707. The van der Waals surface area contributed by atoms with E-state index in [1.54, 1.807) is 52.0 Å². The van der Waals surface area contributed by atoms with Crippen LogP contribution in [0, 0.1) is 16.7 Å². The maximum absolute atomic E-state index is 13.5. The molecule has 0 bridgehead atoms. The zero-order valence-electron chi connectivity index (χ0n) is 34.0. The number of imide groups is 1. The van der Waals surface area contributed by atoms with Crippen molar-refractivity contribution in [3.63, 3.8) is 0 Å². The summed E-state index contributed by atoms with van der Waals surface area (Å²) in [6.45, 7) is 12.5. The summed E-state index contributed by atoms with van der Waals surface area (Å²) in [6.07, 6.45) is 5.25. The Kier molecular flexibility index (Phi) is 14.8. The molecule has 13 heteroatoms. The predicted octanol–water partition coefficient (Wildman–Crippen LogP) is 7.57. The van der Waals surface area contributed by atoms with Gasteiger partial charge in [0.2, 0.25) is 5.91 Å². The number of carbonyl (C=O) groups excluding carboxylic acids is 3. The first-order valence-corrected chi connectivity index (χ1v) is 18.7. The van der Waals surface area contributed by atoms with Gasteiger partial charge in [-0.2, -0.15) is 0 Å². The van der Waals surface area contributed by atoms with Crippen molar-refractivity contribution in [2.75, 3.05) is 34.0 Å². The van der Waals surface area contributed by atoms with E-state index in [2.05, 4.69) is 9.97 Å². The van der Waals surface area contributed by atoms with Crippen LogP contribution in [0.5, 0.6) is 0 Å². The number of carbonyl (C=O) groups is 4. The van der Waals surface area contributed by atoms with Crippen LogP contribution in [0.3, 0.4) is 0 Å². The van der Waals surface area contributed by atoms with Crippen LogP contribution in [0.4, 0.5) is 4.79 Å². The maximum atomic E-state index is 13.5. The molecule has 13 nitrogen and oxygen atoms in total. The summed E-state index contributed by atoms with van der Waals surface area (Å²) in [6, 6.07) is 18.6. The largest absolute Gasteiger partial charge is 0.481 e. The lowest BCUT2D eigenvalue weighted by molar-refractivity contribution is -0.148. The van der Waals surface area contributed by atoms with Crippen molar-refractivity contribution in [1.29, 1.82) is 0 Å². The first kappa shape index (κ1) is 44.2. The molecule has 4 aromatic rings. The Hall–Kier alpha value is -5.50. The number of esters is 1. The van der Waals surface area contributed by atoms with Gasteiger partial charge in [0.05, 0.1) is 53.2 Å². The Morgan fingerprint density at radius 3 is 1.82 bits per heavy atom. The summed E-state index contributed by atoms with van der Waals surface area (Å²) in [5.41, 5.74) is 2.27. The van der Waals surface area contributed by atoms with Gasteiger partial charge in [0.1, 0.15) is 18.1 Å². The summed E-state index contributed by atoms with van der Waals surface area (Å²) in [5.74, 6) is -1.59. The molecule has 1 saturated heterocycles. The Bertz CT molecular complexity index is 2150. The molecule has 0 saturated carbocycles. The summed E-state index contributed by atoms with van der Waals surface area (Å²) in [4.78, 5) is 58.7. The van der Waals surface area contributed by atoms with E-state index in [-0.39, 0.29) is 43.7 Å². The molecule has 0 radical (unpaired) electrons. The monoisotopic (exact) mass is 783 g/mol. The van der Waals surface area contributed by atoms with Crippen molar-refractivity contribution in [1.82, 2.24) is 14.9 Å². The number of aliphatic hydroxyl groups excluding tert-OH is 1. The van der Waals surface area contributed by atoms with Gasteiger partial charge in [-0.3, -0.25) is 19.4 Å². The smallest absolute Gasteiger partial charge is 0.417 e. The number of cyclic esters (lactones) is 1. The van der Waals surface area contributed by atoms with E-state index in [1.807, 2.05) is 74.5 Å². The fraction of sp³-hybridized carbons (Fsp3) is 0.409. The number of aliphatic hydroxyl groups is 1. The summed E-state index contributed by atoms with van der Waals surface area (Å²) < 4.78 is 20.7. The standard InChI is InChI=1S/C26H32N2O6.C18H21NO4/c1-16(2)23-14-33-25(31)28(23)24(30)26(5,15-32-6)12-11-19-7-8-20-9-10-21(27-22(20)13-19)17(3)34-18(4)29;1-12(20)15-7-6-14-5-4-13(10-16(14)19-15)8-9-18(2,11-23-3)17(21)22/h7-13,16-17,23H,14-15H2,1-6H3;4-10,12,20H,11H2,1-3H3,(H,21,22)/b12-11+;9-8+/t17-,23+,26-;12-,18-/m11/s1. The van der Waals surface area contributed by atoms with Gasteiger partial charge in [-0.1, -0.05) is 74.5 Å². The minimum atomic E-state index is -1.08. The van der Waals surface area contributed by atoms with E-state index < -0.39 is 35.1 Å². The number of carboxylic acid groups (broad SMARTS) is 1. The molecule has 5 atom stereocenters. The minimum Gasteiger partial charge on any atom is -0.481 e. The second kappa shape index (κ2) is 19.1. The highest BCUT2D eigenvalue weighted by Crippen LogP contribution is 2.31. The third-order valence-corrected chi connectivity index (χ3v) is 9.71. The molecule has 2 N–H and O–H groups in total. The fourth-order valence-corrected chi connectivity index (χ4v) is 6.23. The van der Waals surface area contributed by atoms with E-state index >= 15 is 0 Å². The van der Waals surface area contributed by atoms with E-state index in [1.165, 1.54) is 26.0 Å². The highest BCUT2D eigenvalue weighted by atomic mass is 16.6. The lowest BCUT2D eigenvalue weighted by atomic mass is 9.87. The van der Waals surface area contributed by atoms with E-state index in [0.29, 0.717) is 11.4 Å². The van der Waals surface area contributed by atoms with Gasteiger partial charge < -0.3 is 29.2 Å². The van der Waals surface area contributed by atoms with Crippen LogP contribution in [0.2, 0.25) is 0 Å². The molecule has 57 heavy (non-hydrogen) atoms. The molecule has 2 aromatic carbocycles. The van der Waals surface area contributed by atoms with Gasteiger partial charge in [-0.05, 0) is 69.0 Å². The number of nitrogens with zero attached hydrogens (tertiary/aromatic N) is 3. The first-order chi connectivity index (χ1) is 26.9. The number of amides is 2. The molecule has 5 rings (SSSR count). The number of methoxy groups -OCH3 is 2. The number of aliphatic carboxylic acids is 1. The van der Waals surface area contributed by atoms with Crippen LogP contribution in [0.25, 0.3) is 34.0 Å². The number of aromatic nitrogens is 2. The number of hydrogen-bond donors (Lipinski definition) is 2. The Labute approximate surface area is 333 Å². The number of carboxylic acids is 1. The van der Waals surface area contributed by atoms with Gasteiger partial charge in [0.25, 0.3) is 0 Å². The Morgan fingerprint density at radius 1 is 0.842 bits per heavy atom. The van der Waals surface area contributed by atoms with Crippen LogP contribution in [0.1, 0.15) is 83.2 Å². The summed E-state index contributed by atoms with van der Waals surface area (Å²) >= 11 is 0. The quantitative estimate of drug-likeness (QED) is 0.120. The number of fused-ring (bicyclic) bond motifs is 2. The Morgan fingerprint density at radius 2 is 1.33 bits per heavy atom. The topological polar surface area (TPSA) is 175 Å². The third kappa shape index (κ3) is 11.1. The van der Waals surface area contributed by atoms with Crippen LogP contribution in [0.15, 0.2) is 72.8 Å². The fourth-order valence-electron chi connectivity index (χ4n) is 6.23. The second-order valence-corrected chi connectivity index (χ2v) is 15.0. The van der Waals surface area contributed by atoms with Crippen molar-refractivity contribution in [3.8, 4) is 0 Å². The van der Waals surface area contributed by atoms with Gasteiger partial charge in [0, 0.05) is 31.9 Å². The van der Waals surface area contributed by atoms with E-state index in [9.17, 15) is 29.4 Å². The number of rotatable bonds is 14. The van der Waals surface area contributed by atoms with E-state index in [4.69, 9.17) is 18.9 Å².